The van der Waals surface area contributed by atoms with Crippen molar-refractivity contribution in [2.24, 2.45) is 5.92 Å². The van der Waals surface area contributed by atoms with E-state index in [1.54, 1.807) is 0 Å². The molecule has 1 aliphatic heterocycles. The molecule has 0 amide bonds. The van der Waals surface area contributed by atoms with Crippen LogP contribution in [0.1, 0.15) is 17.7 Å². The lowest BCUT2D eigenvalue weighted by atomic mass is 10.0. The Morgan fingerprint density at radius 3 is 2.84 bits per heavy atom. The number of nitrogens with one attached hydrogen (secondary N) is 1. The molecule has 0 saturated carbocycles. The van der Waals surface area contributed by atoms with Crippen molar-refractivity contribution in [3.8, 4) is 11.1 Å². The van der Waals surface area contributed by atoms with Crippen LogP contribution in [0.5, 0.6) is 0 Å². The first-order chi connectivity index (χ1) is 9.25. The van der Waals surface area contributed by atoms with Gasteiger partial charge < -0.3 is 5.32 Å². The Kier molecular flexibility index (Phi) is 3.38. The fourth-order valence-corrected chi connectivity index (χ4v) is 2.88. The van der Waals surface area contributed by atoms with Gasteiger partial charge in [-0.05, 0) is 50.4 Å². The van der Waals surface area contributed by atoms with Gasteiger partial charge >= 0.3 is 0 Å². The molecule has 0 aliphatic carbocycles. The molecule has 3 nitrogen and oxygen atoms in total. The van der Waals surface area contributed by atoms with Gasteiger partial charge in [-0.15, -0.1) is 0 Å². The number of hydrogen-bond acceptors (Lipinski definition) is 2. The molecule has 1 fully saturated rings. The zero-order valence-electron chi connectivity index (χ0n) is 11.7. The second-order valence-corrected chi connectivity index (χ2v) is 5.50. The van der Waals surface area contributed by atoms with Gasteiger partial charge in [0.15, 0.2) is 0 Å². The summed E-state index contributed by atoms with van der Waals surface area (Å²) in [5.74, 6) is 0.725. The van der Waals surface area contributed by atoms with Crippen LogP contribution in [0.4, 0.5) is 0 Å². The van der Waals surface area contributed by atoms with E-state index in [9.17, 15) is 0 Å². The summed E-state index contributed by atoms with van der Waals surface area (Å²) in [5, 5.41) is 8.00. The summed E-state index contributed by atoms with van der Waals surface area (Å²) in [5.41, 5.74) is 5.16. The maximum Gasteiger partial charge on any atom is 0.0571 e. The number of rotatable bonds is 3. The van der Waals surface area contributed by atoms with Crippen molar-refractivity contribution >= 4 is 0 Å². The van der Waals surface area contributed by atoms with Gasteiger partial charge in [0.1, 0.15) is 0 Å². The van der Waals surface area contributed by atoms with Crippen LogP contribution < -0.4 is 5.32 Å². The zero-order valence-corrected chi connectivity index (χ0v) is 11.7. The molecule has 1 saturated heterocycles. The summed E-state index contributed by atoms with van der Waals surface area (Å²) in [4.78, 5) is 0. The van der Waals surface area contributed by atoms with Crippen molar-refractivity contribution in [2.75, 3.05) is 13.1 Å². The average Bonchev–Trinajstić information content (AvgIpc) is 3.03. The van der Waals surface area contributed by atoms with Gasteiger partial charge in [0.25, 0.3) is 0 Å². The maximum atomic E-state index is 4.59. The number of hydrogen-bond donors (Lipinski definition) is 1. The summed E-state index contributed by atoms with van der Waals surface area (Å²) in [7, 11) is 0. The average molecular weight is 255 g/mol. The van der Waals surface area contributed by atoms with E-state index in [0.717, 1.165) is 25.6 Å². The minimum atomic E-state index is 0.725. The molecule has 1 unspecified atom stereocenters. The Hall–Kier alpha value is -1.61. The second kappa shape index (κ2) is 5.17. The third kappa shape index (κ3) is 2.43. The van der Waals surface area contributed by atoms with E-state index in [4.69, 9.17) is 0 Å². The Morgan fingerprint density at radius 2 is 2.11 bits per heavy atom. The summed E-state index contributed by atoms with van der Waals surface area (Å²) in [6, 6.07) is 8.52. The van der Waals surface area contributed by atoms with Gasteiger partial charge in [-0.3, -0.25) is 4.68 Å². The normalized spacial score (nSPS) is 18.9. The van der Waals surface area contributed by atoms with E-state index < -0.39 is 0 Å². The van der Waals surface area contributed by atoms with Gasteiger partial charge in [-0.2, -0.15) is 5.10 Å². The van der Waals surface area contributed by atoms with Crippen LogP contribution in [0.3, 0.4) is 0 Å². The molecule has 3 rings (SSSR count). The first kappa shape index (κ1) is 12.4. The van der Waals surface area contributed by atoms with Crippen LogP contribution in [0.15, 0.2) is 30.5 Å². The first-order valence-electron chi connectivity index (χ1n) is 7.05. The molecule has 3 heteroatoms. The minimum Gasteiger partial charge on any atom is -0.316 e. The van der Waals surface area contributed by atoms with E-state index in [1.165, 1.54) is 28.8 Å². The summed E-state index contributed by atoms with van der Waals surface area (Å²) in [6.07, 6.45) is 3.28. The van der Waals surface area contributed by atoms with E-state index in [-0.39, 0.29) is 0 Å². The lowest BCUT2D eigenvalue weighted by molar-refractivity contribution is 0.443. The van der Waals surface area contributed by atoms with Crippen molar-refractivity contribution in [3.05, 3.63) is 41.7 Å². The molecule has 1 atom stereocenters. The van der Waals surface area contributed by atoms with Crippen LogP contribution >= 0.6 is 0 Å². The maximum absolute atomic E-state index is 4.59. The molecule has 1 N–H and O–H groups in total. The van der Waals surface area contributed by atoms with Crippen molar-refractivity contribution < 1.29 is 0 Å². The molecule has 1 aromatic carbocycles. The van der Waals surface area contributed by atoms with Crippen LogP contribution in [0, 0.1) is 19.8 Å². The molecular formula is C16H21N3. The van der Waals surface area contributed by atoms with Crippen LogP contribution in [-0.2, 0) is 6.54 Å². The van der Waals surface area contributed by atoms with E-state index in [1.807, 2.05) is 6.20 Å². The third-order valence-corrected chi connectivity index (χ3v) is 4.13. The SMILES string of the molecule is Cc1ccccc1-c1cnn(CC2CCNC2)c1C. The summed E-state index contributed by atoms with van der Waals surface area (Å²) >= 11 is 0. The fraction of sp³-hybridized carbons (Fsp3) is 0.438. The van der Waals surface area contributed by atoms with E-state index in [2.05, 4.69) is 53.2 Å². The minimum absolute atomic E-state index is 0.725. The predicted octanol–water partition coefficient (Wildman–Crippen LogP) is 2.78. The molecule has 19 heavy (non-hydrogen) atoms. The van der Waals surface area contributed by atoms with Crippen LogP contribution in [0.25, 0.3) is 11.1 Å². The van der Waals surface area contributed by atoms with E-state index >= 15 is 0 Å². The van der Waals surface area contributed by atoms with Gasteiger partial charge in [-0.25, -0.2) is 0 Å². The highest BCUT2D eigenvalue weighted by Crippen LogP contribution is 2.26. The molecule has 2 aromatic rings. The number of benzene rings is 1. The molecule has 1 aliphatic rings. The fourth-order valence-electron chi connectivity index (χ4n) is 2.88. The molecule has 1 aromatic heterocycles. The Bertz CT molecular complexity index is 565. The van der Waals surface area contributed by atoms with Crippen molar-refractivity contribution in [1.82, 2.24) is 15.1 Å². The molecular weight excluding hydrogens is 234 g/mol. The van der Waals surface area contributed by atoms with Crippen molar-refractivity contribution in [2.45, 2.75) is 26.8 Å². The number of aryl methyl sites for hydroxylation is 1. The summed E-state index contributed by atoms with van der Waals surface area (Å²) in [6.45, 7) is 7.64. The van der Waals surface area contributed by atoms with Crippen LogP contribution in [0.2, 0.25) is 0 Å². The lowest BCUT2D eigenvalue weighted by Gasteiger charge is -2.11. The van der Waals surface area contributed by atoms with E-state index in [0.29, 0.717) is 0 Å². The Morgan fingerprint density at radius 1 is 1.26 bits per heavy atom. The monoisotopic (exact) mass is 255 g/mol. The molecule has 100 valence electrons. The first-order valence-corrected chi connectivity index (χ1v) is 7.05. The largest absolute Gasteiger partial charge is 0.316 e. The topological polar surface area (TPSA) is 29.9 Å². The van der Waals surface area contributed by atoms with Crippen molar-refractivity contribution in [1.29, 1.82) is 0 Å². The number of nitrogens with zero attached hydrogens (tertiary/aromatic N) is 2. The highest BCUT2D eigenvalue weighted by molar-refractivity contribution is 5.68. The smallest absolute Gasteiger partial charge is 0.0571 e. The molecule has 0 spiro atoms. The number of aromatic nitrogens is 2. The standard InChI is InChI=1S/C16H21N3/c1-12-5-3-4-6-15(12)16-10-18-19(13(16)2)11-14-7-8-17-9-14/h3-6,10,14,17H,7-9,11H2,1-2H3. The lowest BCUT2D eigenvalue weighted by Crippen LogP contribution is -2.16. The Labute approximate surface area is 114 Å². The summed E-state index contributed by atoms with van der Waals surface area (Å²) < 4.78 is 2.17. The molecule has 0 radical (unpaired) electrons. The van der Waals surface area contributed by atoms with Gasteiger partial charge in [0.05, 0.1) is 6.20 Å². The molecule has 0 bridgehead atoms. The highest BCUT2D eigenvalue weighted by Gasteiger charge is 2.17. The highest BCUT2D eigenvalue weighted by atomic mass is 15.3. The zero-order chi connectivity index (χ0) is 13.2. The Balaban J connectivity index is 1.88. The predicted molar refractivity (Wildman–Crippen MR) is 78.1 cm³/mol. The van der Waals surface area contributed by atoms with Gasteiger partial charge in [0, 0.05) is 17.8 Å². The van der Waals surface area contributed by atoms with Gasteiger partial charge in [-0.1, -0.05) is 24.3 Å². The third-order valence-electron chi connectivity index (χ3n) is 4.13. The van der Waals surface area contributed by atoms with Crippen LogP contribution in [-0.4, -0.2) is 22.9 Å². The molecule has 2 heterocycles. The quantitative estimate of drug-likeness (QED) is 0.914. The second-order valence-electron chi connectivity index (χ2n) is 5.50. The van der Waals surface area contributed by atoms with Crippen molar-refractivity contribution in [3.63, 3.8) is 0 Å². The van der Waals surface area contributed by atoms with Gasteiger partial charge in [0.2, 0.25) is 0 Å².